The lowest BCUT2D eigenvalue weighted by Crippen LogP contribution is -2.45. The first kappa shape index (κ1) is 37.2. The second-order valence-electron chi connectivity index (χ2n) is 11.2. The molecule has 45 heavy (non-hydrogen) atoms. The molecule has 2 aliphatic rings. The SMILES string of the molecule is CC(C)(C)OC(=O)N1CCC(F)(c2ccc(C#N)cc2)CC1.N#Cc1ccc(C2(F)CCNCC2)cc1.O=CC(F)(F)F.[2H]CC. The van der Waals surface area contributed by atoms with Crippen molar-refractivity contribution in [1.82, 2.24) is 10.2 Å². The highest BCUT2D eigenvalue weighted by Crippen LogP contribution is 2.37. The molecule has 2 heterocycles. The molecular formula is C33H41F5N4O3. The Balaban J connectivity index is 0.000000379. The highest BCUT2D eigenvalue weighted by molar-refractivity contribution is 5.68. The average Bonchev–Trinajstić information content (AvgIpc) is 3.02. The Bertz CT molecular complexity index is 1300. The minimum atomic E-state index is -4.64. The molecule has 4 rings (SSSR count). The number of aldehydes is 1. The van der Waals surface area contributed by atoms with Crippen LogP contribution in [0.15, 0.2) is 48.5 Å². The zero-order chi connectivity index (χ0) is 35.0. The summed E-state index contributed by atoms with van der Waals surface area (Å²) in [4.78, 5) is 22.2. The van der Waals surface area contributed by atoms with E-state index in [9.17, 15) is 22.4 Å². The molecule has 0 atom stereocenters. The van der Waals surface area contributed by atoms with Gasteiger partial charge in [-0.15, -0.1) is 0 Å². The van der Waals surface area contributed by atoms with E-state index in [1.807, 2.05) is 32.9 Å². The van der Waals surface area contributed by atoms with E-state index in [0.29, 0.717) is 55.1 Å². The lowest BCUT2D eigenvalue weighted by Gasteiger charge is -2.37. The first-order valence-corrected chi connectivity index (χ1v) is 14.4. The number of hydrogen-bond acceptors (Lipinski definition) is 6. The van der Waals surface area contributed by atoms with Crippen molar-refractivity contribution < 1.29 is 37.6 Å². The molecule has 2 saturated heterocycles. The Morgan fingerprint density at radius 1 is 0.889 bits per heavy atom. The number of likely N-dealkylation sites (tertiary alicyclic amines) is 1. The summed E-state index contributed by atoms with van der Waals surface area (Å²) in [5.41, 5.74) is -0.853. The van der Waals surface area contributed by atoms with E-state index < -0.39 is 35.5 Å². The summed E-state index contributed by atoms with van der Waals surface area (Å²) < 4.78 is 72.2. The van der Waals surface area contributed by atoms with Gasteiger partial charge in [-0.2, -0.15) is 23.7 Å². The van der Waals surface area contributed by atoms with Crippen LogP contribution >= 0.6 is 0 Å². The molecular weight excluding hydrogens is 595 g/mol. The van der Waals surface area contributed by atoms with Gasteiger partial charge < -0.3 is 15.0 Å². The number of halogens is 5. The lowest BCUT2D eigenvalue weighted by molar-refractivity contribution is -0.156. The van der Waals surface area contributed by atoms with Crippen molar-refractivity contribution in [2.75, 3.05) is 26.2 Å². The van der Waals surface area contributed by atoms with Crippen LogP contribution in [-0.2, 0) is 20.9 Å². The third-order valence-electron chi connectivity index (χ3n) is 6.80. The van der Waals surface area contributed by atoms with E-state index in [0.717, 1.165) is 13.1 Å². The van der Waals surface area contributed by atoms with Crippen molar-refractivity contribution in [2.45, 2.75) is 83.4 Å². The Morgan fingerprint density at radius 3 is 1.56 bits per heavy atom. The zero-order valence-electron chi connectivity index (χ0n) is 27.0. The highest BCUT2D eigenvalue weighted by atomic mass is 19.4. The predicted octanol–water partition coefficient (Wildman–Crippen LogP) is 7.63. The number of carbonyl (C=O) groups excluding carboxylic acids is 2. The molecule has 0 bridgehead atoms. The maximum absolute atomic E-state index is 15.1. The van der Waals surface area contributed by atoms with Gasteiger partial charge in [-0.05, 0) is 82.1 Å². The monoisotopic (exact) mass is 637 g/mol. The molecule has 2 aromatic carbocycles. The highest BCUT2D eigenvalue weighted by Gasteiger charge is 2.38. The minimum absolute atomic E-state index is 0.234. The summed E-state index contributed by atoms with van der Waals surface area (Å²) in [5.74, 6) is 0. The molecule has 7 nitrogen and oxygen atoms in total. The van der Waals surface area contributed by atoms with Crippen molar-refractivity contribution in [1.29, 1.82) is 10.5 Å². The van der Waals surface area contributed by atoms with Gasteiger partial charge >= 0.3 is 12.3 Å². The summed E-state index contributed by atoms with van der Waals surface area (Å²) in [6.07, 6.45) is -4.60. The van der Waals surface area contributed by atoms with Crippen molar-refractivity contribution >= 4 is 12.4 Å². The number of amides is 1. The van der Waals surface area contributed by atoms with Crippen LogP contribution in [0.25, 0.3) is 0 Å². The van der Waals surface area contributed by atoms with Gasteiger partial charge in [-0.1, -0.05) is 38.1 Å². The van der Waals surface area contributed by atoms with Crippen LogP contribution in [0, 0.1) is 22.7 Å². The Hall–Kier alpha value is -4.03. The van der Waals surface area contributed by atoms with Crippen LogP contribution < -0.4 is 5.32 Å². The average molecular weight is 638 g/mol. The van der Waals surface area contributed by atoms with Crippen LogP contribution in [-0.4, -0.2) is 55.2 Å². The van der Waals surface area contributed by atoms with E-state index in [-0.39, 0.29) is 12.8 Å². The van der Waals surface area contributed by atoms with Crippen LogP contribution in [0.3, 0.4) is 0 Å². The second-order valence-corrected chi connectivity index (χ2v) is 11.2. The molecule has 0 unspecified atom stereocenters. The molecule has 0 radical (unpaired) electrons. The van der Waals surface area contributed by atoms with Gasteiger partial charge in [0.2, 0.25) is 6.29 Å². The number of nitrogens with one attached hydrogen (secondary N) is 1. The molecule has 2 aliphatic heterocycles. The molecule has 0 aromatic heterocycles. The summed E-state index contributed by atoms with van der Waals surface area (Å²) in [6, 6.07) is 17.4. The van der Waals surface area contributed by atoms with Crippen molar-refractivity contribution in [3.8, 4) is 12.1 Å². The topological polar surface area (TPSA) is 106 Å². The number of benzene rings is 2. The smallest absolute Gasteiger partial charge is 0.444 e. The standard InChI is InChI=1S/C17H21FN2O2.C12H13FN2.C2HF3O.C2H6/c1-16(2,3)22-15(21)20-10-8-17(18,9-11-20)14-6-4-13(12-19)5-7-14;13-12(5-7-15-8-6-12)11-3-1-10(9-14)2-4-11;3-2(4,5)1-6;1-2/h4-7H,8-11H2,1-3H3;1-4,15H,5-8H2;1H;1-2H3/i;;;1D. The third-order valence-corrected chi connectivity index (χ3v) is 6.80. The summed E-state index contributed by atoms with van der Waals surface area (Å²) >= 11 is 0. The van der Waals surface area contributed by atoms with Crippen LogP contribution in [0.4, 0.5) is 26.7 Å². The van der Waals surface area contributed by atoms with E-state index in [2.05, 4.69) is 5.32 Å². The number of carbonyl (C=O) groups is 2. The maximum atomic E-state index is 15.1. The van der Waals surface area contributed by atoms with Gasteiger partial charge in [0.1, 0.15) is 16.9 Å². The Kier molecular flexibility index (Phi) is 14.4. The Labute approximate surface area is 263 Å². The number of piperidine rings is 2. The zero-order valence-corrected chi connectivity index (χ0v) is 26.0. The number of nitriles is 2. The molecule has 0 saturated carbocycles. The van der Waals surface area contributed by atoms with Gasteiger partial charge in [-0.25, -0.2) is 13.6 Å². The summed E-state index contributed by atoms with van der Waals surface area (Å²) in [6.45, 7) is 9.81. The third kappa shape index (κ3) is 13.2. The minimum Gasteiger partial charge on any atom is -0.444 e. The van der Waals surface area contributed by atoms with Gasteiger partial charge in [-0.3, -0.25) is 4.79 Å². The van der Waals surface area contributed by atoms with Gasteiger partial charge in [0.05, 0.1) is 23.3 Å². The number of ether oxygens (including phenoxy) is 1. The summed E-state index contributed by atoms with van der Waals surface area (Å²) in [5, 5.41) is 20.6. The van der Waals surface area contributed by atoms with E-state index in [1.54, 1.807) is 60.4 Å². The fourth-order valence-corrected chi connectivity index (χ4v) is 4.46. The first-order valence-electron chi connectivity index (χ1n) is 15.1. The first-order chi connectivity index (χ1) is 21.5. The largest absolute Gasteiger partial charge is 0.446 e. The predicted molar refractivity (Wildman–Crippen MR) is 160 cm³/mol. The lowest BCUT2D eigenvalue weighted by atomic mass is 9.86. The second kappa shape index (κ2) is 17.5. The molecule has 2 aromatic rings. The fraction of sp³-hybridized carbons (Fsp3) is 0.515. The molecule has 0 spiro atoms. The molecule has 1 N–H and O–H groups in total. The quantitative estimate of drug-likeness (QED) is 0.268. The van der Waals surface area contributed by atoms with Crippen LogP contribution in [0.1, 0.15) is 83.9 Å². The molecule has 2 fully saturated rings. The molecule has 246 valence electrons. The molecule has 0 aliphatic carbocycles. The van der Waals surface area contributed by atoms with Crippen LogP contribution in [0.5, 0.6) is 0 Å². The van der Waals surface area contributed by atoms with Gasteiger partial charge in [0, 0.05) is 27.3 Å². The number of hydrogen-bond donors (Lipinski definition) is 1. The normalized spacial score (nSPS) is 17.0. The van der Waals surface area contributed by atoms with E-state index in [1.165, 1.54) is 0 Å². The summed E-state index contributed by atoms with van der Waals surface area (Å²) in [7, 11) is 0. The van der Waals surface area contributed by atoms with Crippen molar-refractivity contribution in [3.63, 3.8) is 0 Å². The molecule has 1 amide bonds. The van der Waals surface area contributed by atoms with E-state index >= 15 is 4.39 Å². The van der Waals surface area contributed by atoms with Gasteiger partial charge in [0.25, 0.3) is 0 Å². The number of alkyl halides is 5. The van der Waals surface area contributed by atoms with Crippen molar-refractivity contribution in [3.05, 3.63) is 70.8 Å². The molecule has 12 heteroatoms. The van der Waals surface area contributed by atoms with E-state index in [4.69, 9.17) is 21.4 Å². The van der Waals surface area contributed by atoms with Crippen molar-refractivity contribution in [2.24, 2.45) is 0 Å². The number of rotatable bonds is 2. The number of nitrogens with zero attached hydrogens (tertiary/aromatic N) is 3. The van der Waals surface area contributed by atoms with Gasteiger partial charge in [0.15, 0.2) is 0 Å². The Morgan fingerprint density at radius 2 is 1.24 bits per heavy atom. The fourth-order valence-electron chi connectivity index (χ4n) is 4.46. The van der Waals surface area contributed by atoms with Crippen LogP contribution in [0.2, 0.25) is 0 Å². The maximum Gasteiger partial charge on any atom is 0.446 e.